The molecule has 3 heterocycles. The summed E-state index contributed by atoms with van der Waals surface area (Å²) in [5.41, 5.74) is 9.94. The van der Waals surface area contributed by atoms with Crippen LogP contribution in [0.3, 0.4) is 0 Å². The van der Waals surface area contributed by atoms with Crippen LogP contribution in [-0.4, -0.2) is 67.4 Å². The fourth-order valence-electron chi connectivity index (χ4n) is 4.45. The zero-order valence-electron chi connectivity index (χ0n) is 23.4. The number of hydrogen-bond donors (Lipinski definition) is 3. The number of hydrogen-bond acceptors (Lipinski definition) is 12. The minimum absolute atomic E-state index is 0.121. The molecule has 1 amide bonds. The molecule has 0 radical (unpaired) electrons. The molecule has 41 heavy (non-hydrogen) atoms. The van der Waals surface area contributed by atoms with Gasteiger partial charge in [-0.15, -0.1) is 0 Å². The summed E-state index contributed by atoms with van der Waals surface area (Å²) in [7, 11) is 6.64. The van der Waals surface area contributed by atoms with E-state index in [1.165, 1.54) is 11.3 Å². The van der Waals surface area contributed by atoms with Gasteiger partial charge in [-0.2, -0.15) is 4.98 Å². The minimum Gasteiger partial charge on any atom is -0.493 e. The lowest BCUT2D eigenvalue weighted by atomic mass is 10.1. The molecule has 1 aliphatic heterocycles. The molecule has 0 fully saturated rings. The highest BCUT2D eigenvalue weighted by Crippen LogP contribution is 2.42. The quantitative estimate of drug-likeness (QED) is 0.254. The lowest BCUT2D eigenvalue weighted by molar-refractivity contribution is -0.113. The summed E-state index contributed by atoms with van der Waals surface area (Å²) in [6.45, 7) is 3.50. The number of anilines is 4. The maximum absolute atomic E-state index is 12.8. The van der Waals surface area contributed by atoms with Crippen LogP contribution in [0.2, 0.25) is 0 Å². The summed E-state index contributed by atoms with van der Waals surface area (Å²) < 4.78 is 21.8. The van der Waals surface area contributed by atoms with E-state index in [2.05, 4.69) is 30.7 Å². The molecule has 4 aromatic rings. The molecule has 214 valence electrons. The highest BCUT2D eigenvalue weighted by Gasteiger charge is 2.21. The second-order valence-corrected chi connectivity index (χ2v) is 10.4. The molecular weight excluding hydrogens is 546 g/mol. The van der Waals surface area contributed by atoms with E-state index >= 15 is 0 Å². The number of methoxy groups -OCH3 is 3. The van der Waals surface area contributed by atoms with Gasteiger partial charge in [0, 0.05) is 47.7 Å². The van der Waals surface area contributed by atoms with Gasteiger partial charge >= 0.3 is 0 Å². The van der Waals surface area contributed by atoms with Gasteiger partial charge in [0.05, 0.1) is 21.3 Å². The Morgan fingerprint density at radius 1 is 1.07 bits per heavy atom. The van der Waals surface area contributed by atoms with Crippen molar-refractivity contribution in [3.63, 3.8) is 0 Å². The van der Waals surface area contributed by atoms with Gasteiger partial charge in [0.2, 0.25) is 11.6 Å². The first-order valence-corrected chi connectivity index (χ1v) is 13.6. The Hall–Kier alpha value is -4.62. The Bertz CT molecular complexity index is 1590. The normalized spacial score (nSPS) is 13.4. The number of carbonyl (C=O) groups excluding carboxylic acids is 1. The monoisotopic (exact) mass is 577 g/mol. The number of likely N-dealkylation sites (N-methyl/N-ethyl adjacent to an activating group) is 1. The van der Waals surface area contributed by atoms with Crippen LogP contribution < -0.4 is 30.6 Å². The summed E-state index contributed by atoms with van der Waals surface area (Å²) in [6, 6.07) is 9.13. The maximum Gasteiger partial charge on any atom is 0.272 e. The van der Waals surface area contributed by atoms with E-state index in [9.17, 15) is 4.79 Å². The Morgan fingerprint density at radius 3 is 2.51 bits per heavy atom. The van der Waals surface area contributed by atoms with Gasteiger partial charge in [-0.05, 0) is 38.1 Å². The largest absolute Gasteiger partial charge is 0.493 e. The molecule has 1 aliphatic rings. The number of nitrogens with one attached hydrogen (secondary N) is 2. The Morgan fingerprint density at radius 2 is 1.83 bits per heavy atom. The molecule has 2 aromatic heterocycles. The van der Waals surface area contributed by atoms with Crippen LogP contribution in [0.4, 0.5) is 22.3 Å². The zero-order chi connectivity index (χ0) is 29.1. The molecule has 0 saturated heterocycles. The van der Waals surface area contributed by atoms with Crippen molar-refractivity contribution >= 4 is 39.6 Å². The van der Waals surface area contributed by atoms with E-state index in [0.717, 1.165) is 29.7 Å². The number of nitrogens with two attached hydrogens (primary N) is 1. The molecule has 0 atom stereocenters. The van der Waals surface area contributed by atoms with E-state index in [1.54, 1.807) is 33.5 Å². The zero-order valence-corrected chi connectivity index (χ0v) is 24.2. The fourth-order valence-corrected chi connectivity index (χ4v) is 5.28. The molecule has 13 heteroatoms. The van der Waals surface area contributed by atoms with Crippen molar-refractivity contribution in [3.8, 4) is 39.4 Å². The van der Waals surface area contributed by atoms with Gasteiger partial charge in [0.15, 0.2) is 16.6 Å². The van der Waals surface area contributed by atoms with Gasteiger partial charge < -0.3 is 40.0 Å². The van der Waals surface area contributed by atoms with E-state index in [-0.39, 0.29) is 17.6 Å². The van der Waals surface area contributed by atoms with Crippen molar-refractivity contribution < 1.29 is 23.5 Å². The standard InChI is InChI=1S/C28H31N7O5S/c1-15-8-9-17(30-26(36)16-7-6-10-35(2)14-16)11-19(15)25-33-27(40-34-25)23-24(29)32-28(41-23)31-18-12-20(37-3)22(39-5)21(13-18)38-4/h7-9,11-13H,6,10,14,29H2,1-5H3,(H,30,36)(H,31,32). The van der Waals surface area contributed by atoms with Crippen molar-refractivity contribution in [1.29, 1.82) is 0 Å². The smallest absolute Gasteiger partial charge is 0.272 e. The number of thiazole rings is 1. The Kier molecular flexibility index (Phi) is 8.08. The maximum atomic E-state index is 12.8. The minimum atomic E-state index is -0.121. The van der Waals surface area contributed by atoms with Gasteiger partial charge in [-0.1, -0.05) is 28.6 Å². The number of nitrogen functional groups attached to an aromatic ring is 1. The van der Waals surface area contributed by atoms with Crippen molar-refractivity contribution in [2.75, 3.05) is 57.8 Å². The predicted molar refractivity (Wildman–Crippen MR) is 158 cm³/mol. The van der Waals surface area contributed by atoms with Gasteiger partial charge in [0.1, 0.15) is 10.7 Å². The summed E-state index contributed by atoms with van der Waals surface area (Å²) in [4.78, 5) is 24.5. The molecule has 0 spiro atoms. The number of rotatable bonds is 9. The Balaban J connectivity index is 1.36. The van der Waals surface area contributed by atoms with E-state index in [4.69, 9.17) is 24.5 Å². The van der Waals surface area contributed by atoms with Crippen LogP contribution in [-0.2, 0) is 4.79 Å². The van der Waals surface area contributed by atoms with E-state index < -0.39 is 0 Å². The second-order valence-electron chi connectivity index (χ2n) is 9.44. The van der Waals surface area contributed by atoms with Crippen LogP contribution >= 0.6 is 11.3 Å². The van der Waals surface area contributed by atoms with Crippen LogP contribution in [0.1, 0.15) is 12.0 Å². The molecular formula is C28H31N7O5S. The summed E-state index contributed by atoms with van der Waals surface area (Å²) in [5.74, 6) is 2.20. The fraction of sp³-hybridized carbons (Fsp3) is 0.286. The number of nitrogens with zero attached hydrogens (tertiary/aromatic N) is 4. The third kappa shape index (κ3) is 5.95. The van der Waals surface area contributed by atoms with Gasteiger partial charge in [-0.3, -0.25) is 4.79 Å². The molecule has 0 bridgehead atoms. The average molecular weight is 578 g/mol. The highest BCUT2D eigenvalue weighted by atomic mass is 32.1. The van der Waals surface area contributed by atoms with Crippen molar-refractivity contribution in [3.05, 3.63) is 47.5 Å². The van der Waals surface area contributed by atoms with Crippen LogP contribution in [0.15, 0.2) is 46.5 Å². The van der Waals surface area contributed by atoms with Crippen LogP contribution in [0.5, 0.6) is 17.2 Å². The predicted octanol–water partition coefficient (Wildman–Crippen LogP) is 4.72. The number of ether oxygens (including phenoxy) is 3. The number of aryl methyl sites for hydroxylation is 1. The third-order valence-electron chi connectivity index (χ3n) is 6.56. The number of benzene rings is 2. The van der Waals surface area contributed by atoms with Crippen molar-refractivity contribution in [2.24, 2.45) is 0 Å². The summed E-state index contributed by atoms with van der Waals surface area (Å²) in [6.07, 6.45) is 2.84. The Labute approximate surface area is 241 Å². The molecule has 0 unspecified atom stereocenters. The lowest BCUT2D eigenvalue weighted by Gasteiger charge is -2.22. The summed E-state index contributed by atoms with van der Waals surface area (Å²) in [5, 5.41) is 10.9. The summed E-state index contributed by atoms with van der Waals surface area (Å²) >= 11 is 1.26. The third-order valence-corrected chi connectivity index (χ3v) is 7.53. The number of amides is 1. The lowest BCUT2D eigenvalue weighted by Crippen LogP contribution is -2.30. The van der Waals surface area contributed by atoms with Gasteiger partial charge in [0.25, 0.3) is 11.8 Å². The first kappa shape index (κ1) is 27.9. The molecule has 12 nitrogen and oxygen atoms in total. The van der Waals surface area contributed by atoms with Crippen LogP contribution in [0, 0.1) is 6.92 Å². The topological polar surface area (TPSA) is 150 Å². The molecule has 0 saturated carbocycles. The number of aromatic nitrogens is 3. The second kappa shape index (κ2) is 11.9. The first-order chi connectivity index (χ1) is 19.8. The molecule has 0 aliphatic carbocycles. The first-order valence-electron chi connectivity index (χ1n) is 12.8. The molecule has 2 aromatic carbocycles. The number of carbonyl (C=O) groups is 1. The van der Waals surface area contributed by atoms with Gasteiger partial charge in [-0.25, -0.2) is 4.98 Å². The van der Waals surface area contributed by atoms with E-state index in [0.29, 0.717) is 51.0 Å². The highest BCUT2D eigenvalue weighted by molar-refractivity contribution is 7.19. The SMILES string of the molecule is COc1cc(Nc2nc(N)c(-c3nc(-c4cc(NC(=O)C5=CCCN(C)C5)ccc4C)no3)s2)cc(OC)c1OC. The van der Waals surface area contributed by atoms with E-state index in [1.807, 2.05) is 38.2 Å². The van der Waals surface area contributed by atoms with Crippen molar-refractivity contribution in [2.45, 2.75) is 13.3 Å². The van der Waals surface area contributed by atoms with Crippen molar-refractivity contribution in [1.82, 2.24) is 20.0 Å². The van der Waals surface area contributed by atoms with Crippen LogP contribution in [0.25, 0.3) is 22.2 Å². The molecule has 5 rings (SSSR count). The average Bonchev–Trinajstić information content (AvgIpc) is 3.59. The molecule has 4 N–H and O–H groups in total.